The van der Waals surface area contributed by atoms with Gasteiger partial charge < -0.3 is 5.32 Å². The number of rotatable bonds is 0. The Bertz CT molecular complexity index is 445. The molecule has 1 amide bonds. The molecule has 1 heterocycles. The summed E-state index contributed by atoms with van der Waals surface area (Å²) >= 11 is 0. The predicted octanol–water partition coefficient (Wildman–Crippen LogP) is 2.26. The van der Waals surface area contributed by atoms with Crippen LogP contribution >= 0.6 is 0 Å². The zero-order valence-corrected chi connectivity index (χ0v) is 10.4. The van der Waals surface area contributed by atoms with E-state index in [0.29, 0.717) is 0 Å². The Morgan fingerprint density at radius 2 is 1.47 bits per heavy atom. The van der Waals surface area contributed by atoms with Gasteiger partial charge in [-0.3, -0.25) is 4.79 Å². The van der Waals surface area contributed by atoms with Gasteiger partial charge in [0.05, 0.1) is 11.0 Å². The number of amides is 1. The quantitative estimate of drug-likeness (QED) is 0.604. The van der Waals surface area contributed by atoms with E-state index in [1.54, 1.807) is 0 Å². The van der Waals surface area contributed by atoms with Crippen LogP contribution in [-0.2, 0) is 4.79 Å². The van der Waals surface area contributed by atoms with Gasteiger partial charge >= 0.3 is 0 Å². The largest absolute Gasteiger partial charge is 0.346 e. The summed E-state index contributed by atoms with van der Waals surface area (Å²) in [5, 5.41) is 3.21. The molecule has 2 aliphatic carbocycles. The highest BCUT2D eigenvalue weighted by molar-refractivity contribution is 5.97. The first-order valence-corrected chi connectivity index (χ1v) is 5.70. The van der Waals surface area contributed by atoms with Gasteiger partial charge in [-0.25, -0.2) is 0 Å². The van der Waals surface area contributed by atoms with Gasteiger partial charge in [-0.2, -0.15) is 0 Å². The average molecular weight is 205 g/mol. The molecule has 82 valence electrons. The Labute approximate surface area is 91.1 Å². The smallest absolute Gasteiger partial charge is 0.228 e. The third-order valence-electron chi connectivity index (χ3n) is 6.82. The van der Waals surface area contributed by atoms with E-state index in [9.17, 15) is 4.79 Å². The van der Waals surface area contributed by atoms with Crippen LogP contribution in [0.25, 0.3) is 0 Å². The van der Waals surface area contributed by atoms with Gasteiger partial charge in [-0.05, 0) is 33.3 Å². The maximum Gasteiger partial charge on any atom is 0.228 e. The fraction of sp³-hybridized carbons (Fsp3) is 0.769. The first kappa shape index (κ1) is 9.44. The maximum absolute atomic E-state index is 12.2. The molecule has 0 aromatic rings. The molecule has 4 atom stereocenters. The summed E-state index contributed by atoms with van der Waals surface area (Å²) in [4.78, 5) is 12.2. The van der Waals surface area contributed by atoms with E-state index in [2.05, 4.69) is 46.9 Å². The predicted molar refractivity (Wildman–Crippen MR) is 59.2 cm³/mol. The van der Waals surface area contributed by atoms with Crippen molar-refractivity contribution in [2.24, 2.45) is 16.2 Å². The molecule has 1 saturated heterocycles. The standard InChI is InChI=1S/C13H19NO/c1-7-8(2)12(5)13(6)10(7,3)11(13,4)9(15)14-12/h1-6H3,(H,14,15)/t10-,11-,12+,13+/m0/s1. The topological polar surface area (TPSA) is 29.1 Å². The normalized spacial score (nSPS) is 60.8. The first-order valence-electron chi connectivity index (χ1n) is 5.70. The lowest BCUT2D eigenvalue weighted by Gasteiger charge is -2.31. The van der Waals surface area contributed by atoms with Crippen molar-refractivity contribution >= 4 is 5.91 Å². The molecule has 1 saturated carbocycles. The van der Waals surface area contributed by atoms with Crippen LogP contribution in [0.5, 0.6) is 0 Å². The minimum atomic E-state index is -0.182. The molecule has 0 aromatic heterocycles. The Morgan fingerprint density at radius 1 is 0.933 bits per heavy atom. The molecular weight excluding hydrogens is 186 g/mol. The molecule has 0 aromatic carbocycles. The van der Waals surface area contributed by atoms with E-state index in [1.807, 2.05) is 0 Å². The number of carbonyl (C=O) groups excluding carboxylic acids is 1. The van der Waals surface area contributed by atoms with E-state index >= 15 is 0 Å². The van der Waals surface area contributed by atoms with Crippen molar-refractivity contribution in [3.05, 3.63) is 11.1 Å². The lowest BCUT2D eigenvalue weighted by Crippen LogP contribution is -2.47. The summed E-state index contributed by atoms with van der Waals surface area (Å²) in [7, 11) is 0. The van der Waals surface area contributed by atoms with Crippen LogP contribution in [0.3, 0.4) is 0 Å². The van der Waals surface area contributed by atoms with Gasteiger partial charge in [0.1, 0.15) is 0 Å². The van der Waals surface area contributed by atoms with E-state index in [0.717, 1.165) is 0 Å². The van der Waals surface area contributed by atoms with Gasteiger partial charge in [0, 0.05) is 10.8 Å². The third-order valence-corrected chi connectivity index (χ3v) is 6.82. The summed E-state index contributed by atoms with van der Waals surface area (Å²) in [6.07, 6.45) is 0. The summed E-state index contributed by atoms with van der Waals surface area (Å²) in [5.74, 6) is 0.242. The van der Waals surface area contributed by atoms with Crippen LogP contribution in [0.2, 0.25) is 0 Å². The Hall–Kier alpha value is -0.790. The van der Waals surface area contributed by atoms with Gasteiger partial charge in [-0.1, -0.05) is 19.4 Å². The fourth-order valence-corrected chi connectivity index (χ4v) is 5.02. The molecular formula is C13H19NO. The number of hydrogen-bond acceptors (Lipinski definition) is 1. The molecule has 1 N–H and O–H groups in total. The van der Waals surface area contributed by atoms with E-state index in [1.165, 1.54) is 11.1 Å². The highest BCUT2D eigenvalue weighted by atomic mass is 16.2. The van der Waals surface area contributed by atoms with Crippen molar-refractivity contribution in [2.45, 2.75) is 47.1 Å². The third kappa shape index (κ3) is 0.458. The van der Waals surface area contributed by atoms with Gasteiger partial charge in [0.15, 0.2) is 0 Å². The molecule has 2 heteroatoms. The first-order chi connectivity index (χ1) is 6.69. The van der Waals surface area contributed by atoms with Crippen LogP contribution in [0.15, 0.2) is 11.1 Å². The molecule has 0 bridgehead atoms. The second-order valence-electron chi connectivity index (χ2n) is 6.20. The molecule has 2 fully saturated rings. The van der Waals surface area contributed by atoms with Crippen LogP contribution in [0.1, 0.15) is 41.5 Å². The summed E-state index contributed by atoms with van der Waals surface area (Å²) in [6.45, 7) is 13.2. The molecule has 3 rings (SSSR count). The Morgan fingerprint density at radius 3 is 1.87 bits per heavy atom. The van der Waals surface area contributed by atoms with E-state index in [4.69, 9.17) is 0 Å². The number of piperidine rings is 1. The number of carbonyl (C=O) groups is 1. The molecule has 2 nitrogen and oxygen atoms in total. The summed E-state index contributed by atoms with van der Waals surface area (Å²) < 4.78 is 0. The van der Waals surface area contributed by atoms with Crippen molar-refractivity contribution in [3.63, 3.8) is 0 Å². The summed E-state index contributed by atoms with van der Waals surface area (Å²) in [5.41, 5.74) is 2.67. The monoisotopic (exact) mass is 205 g/mol. The molecule has 0 spiro atoms. The maximum atomic E-state index is 12.2. The molecule has 15 heavy (non-hydrogen) atoms. The van der Waals surface area contributed by atoms with E-state index in [-0.39, 0.29) is 27.7 Å². The number of fused-ring (bicyclic) bond motifs is 1. The van der Waals surface area contributed by atoms with E-state index < -0.39 is 0 Å². The van der Waals surface area contributed by atoms with Crippen LogP contribution in [0.4, 0.5) is 0 Å². The van der Waals surface area contributed by atoms with Gasteiger partial charge in [0.2, 0.25) is 5.91 Å². The zero-order chi connectivity index (χ0) is 11.4. The minimum Gasteiger partial charge on any atom is -0.346 e. The average Bonchev–Trinajstić information content (AvgIpc) is 2.48. The molecule has 0 unspecified atom stereocenters. The van der Waals surface area contributed by atoms with Gasteiger partial charge in [-0.15, -0.1) is 0 Å². The minimum absolute atomic E-state index is 0.0816. The van der Waals surface area contributed by atoms with Gasteiger partial charge in [0.25, 0.3) is 0 Å². The second-order valence-corrected chi connectivity index (χ2v) is 6.20. The molecule has 3 aliphatic rings. The lowest BCUT2D eigenvalue weighted by molar-refractivity contribution is -0.125. The highest BCUT2D eigenvalue weighted by Crippen LogP contribution is 2.91. The van der Waals surface area contributed by atoms with Crippen LogP contribution < -0.4 is 5.32 Å². The number of nitrogens with one attached hydrogen (secondary N) is 1. The van der Waals surface area contributed by atoms with Crippen molar-refractivity contribution in [1.82, 2.24) is 5.32 Å². The van der Waals surface area contributed by atoms with Crippen molar-refractivity contribution in [1.29, 1.82) is 0 Å². The fourth-order valence-electron chi connectivity index (χ4n) is 5.02. The zero-order valence-electron chi connectivity index (χ0n) is 10.4. The van der Waals surface area contributed by atoms with Crippen molar-refractivity contribution in [3.8, 4) is 0 Å². The SMILES string of the molecule is CC1=C(C)[C@@]2(C)NC(=O)[C@@]3(C)[C@@]1(C)[C@]32C. The van der Waals surface area contributed by atoms with Crippen LogP contribution in [0, 0.1) is 16.2 Å². The Balaban J connectivity index is 2.38. The lowest BCUT2D eigenvalue weighted by atomic mass is 9.79. The summed E-state index contributed by atoms with van der Waals surface area (Å²) in [6, 6.07) is 0. The molecule has 1 aliphatic heterocycles. The Kier molecular flexibility index (Phi) is 1.12. The highest BCUT2D eigenvalue weighted by Gasteiger charge is 2.95. The van der Waals surface area contributed by atoms with Crippen molar-refractivity contribution < 1.29 is 4.79 Å². The van der Waals surface area contributed by atoms with Crippen molar-refractivity contribution in [2.75, 3.05) is 0 Å². The van der Waals surface area contributed by atoms with Crippen LogP contribution in [-0.4, -0.2) is 11.4 Å². The second kappa shape index (κ2) is 1.79. The number of hydrogen-bond donors (Lipinski definition) is 1. The molecule has 0 radical (unpaired) electrons. The number of allylic oxidation sites excluding steroid dienone is 1.